The lowest BCUT2D eigenvalue weighted by atomic mass is 10.0. The summed E-state index contributed by atoms with van der Waals surface area (Å²) in [5.74, 6) is -1.38. The Morgan fingerprint density at radius 1 is 1.10 bits per heavy atom. The minimum Gasteiger partial charge on any atom is -0.480 e. The maximum Gasteiger partial charge on any atom is 0.326 e. The Morgan fingerprint density at radius 2 is 1.79 bits per heavy atom. The molecule has 0 bridgehead atoms. The Balaban J connectivity index is 1.60. The molecule has 2 N–H and O–H groups in total. The zero-order valence-corrected chi connectivity index (χ0v) is 16.5. The topological polar surface area (TPSA) is 86.7 Å². The first-order valence-electron chi connectivity index (χ1n) is 9.83. The number of hydrogen-bond donors (Lipinski definition) is 2. The van der Waals surface area contributed by atoms with Crippen LogP contribution in [0.15, 0.2) is 54.6 Å². The highest BCUT2D eigenvalue weighted by Crippen LogP contribution is 2.24. The van der Waals surface area contributed by atoms with Gasteiger partial charge in [0.1, 0.15) is 6.04 Å². The van der Waals surface area contributed by atoms with Gasteiger partial charge in [0, 0.05) is 31.8 Å². The first-order valence-corrected chi connectivity index (χ1v) is 9.83. The van der Waals surface area contributed by atoms with Gasteiger partial charge in [0.15, 0.2) is 0 Å². The molecule has 1 aliphatic heterocycles. The third-order valence-electron chi connectivity index (χ3n) is 5.26. The van der Waals surface area contributed by atoms with Crippen LogP contribution < -0.4 is 5.32 Å². The first kappa shape index (κ1) is 20.6. The molecular formula is C23H26N2O4. The van der Waals surface area contributed by atoms with Crippen molar-refractivity contribution in [2.75, 3.05) is 0 Å². The van der Waals surface area contributed by atoms with E-state index in [4.69, 9.17) is 0 Å². The van der Waals surface area contributed by atoms with Crippen LogP contribution in [0.1, 0.15) is 36.0 Å². The molecule has 2 aromatic rings. The maximum absolute atomic E-state index is 12.5. The van der Waals surface area contributed by atoms with Crippen LogP contribution in [0.5, 0.6) is 0 Å². The Bertz CT molecular complexity index is 864. The summed E-state index contributed by atoms with van der Waals surface area (Å²) in [5, 5.41) is 12.1. The molecule has 1 heterocycles. The summed E-state index contributed by atoms with van der Waals surface area (Å²) in [5.41, 5.74) is 3.01. The Kier molecular flexibility index (Phi) is 6.65. The minimum atomic E-state index is -1.07. The normalized spacial score (nSPS) is 17.2. The number of amides is 2. The second-order valence-electron chi connectivity index (χ2n) is 7.55. The first-order chi connectivity index (χ1) is 13.9. The monoisotopic (exact) mass is 394 g/mol. The van der Waals surface area contributed by atoms with Gasteiger partial charge >= 0.3 is 5.97 Å². The molecule has 3 rings (SSSR count). The molecule has 0 aromatic heterocycles. The number of carboxylic acids is 1. The standard InChI is InChI=1S/C23H26N2O4/c1-16-7-9-18(10-8-16)15-25-19(11-12-22(25)27)14-21(26)24-20(23(28)29)13-17-5-3-2-4-6-17/h2-10,19-20H,11-15H2,1H3,(H,24,26)(H,28,29)/t19?,20-/m0/s1. The number of carboxylic acid groups (broad SMARTS) is 1. The van der Waals surface area contributed by atoms with Gasteiger partial charge in [-0.3, -0.25) is 9.59 Å². The lowest BCUT2D eigenvalue weighted by Crippen LogP contribution is -2.44. The van der Waals surface area contributed by atoms with E-state index in [1.54, 1.807) is 4.90 Å². The van der Waals surface area contributed by atoms with Crippen molar-refractivity contribution in [1.82, 2.24) is 10.2 Å². The zero-order chi connectivity index (χ0) is 20.8. The molecule has 29 heavy (non-hydrogen) atoms. The molecule has 0 radical (unpaired) electrons. The predicted molar refractivity (Wildman–Crippen MR) is 109 cm³/mol. The molecule has 1 aliphatic rings. The second-order valence-corrected chi connectivity index (χ2v) is 7.55. The van der Waals surface area contributed by atoms with Crippen molar-refractivity contribution in [3.8, 4) is 0 Å². The molecule has 1 fully saturated rings. The highest BCUT2D eigenvalue weighted by atomic mass is 16.4. The third-order valence-corrected chi connectivity index (χ3v) is 5.26. The van der Waals surface area contributed by atoms with E-state index >= 15 is 0 Å². The number of carbonyl (C=O) groups is 3. The van der Waals surface area contributed by atoms with Gasteiger partial charge < -0.3 is 15.3 Å². The number of hydrogen-bond acceptors (Lipinski definition) is 3. The summed E-state index contributed by atoms with van der Waals surface area (Å²) >= 11 is 0. The van der Waals surface area contributed by atoms with Crippen LogP contribution in [0.4, 0.5) is 0 Å². The Hall–Kier alpha value is -3.15. The van der Waals surface area contributed by atoms with Crippen LogP contribution in [0.3, 0.4) is 0 Å². The lowest BCUT2D eigenvalue weighted by Gasteiger charge is -2.25. The molecule has 0 saturated carbocycles. The number of carbonyl (C=O) groups excluding carboxylic acids is 2. The van der Waals surface area contributed by atoms with E-state index in [1.165, 1.54) is 0 Å². The van der Waals surface area contributed by atoms with Crippen LogP contribution in [-0.2, 0) is 27.3 Å². The molecule has 0 spiro atoms. The highest BCUT2D eigenvalue weighted by Gasteiger charge is 2.33. The largest absolute Gasteiger partial charge is 0.480 e. The van der Waals surface area contributed by atoms with E-state index in [2.05, 4.69) is 5.32 Å². The van der Waals surface area contributed by atoms with Crippen molar-refractivity contribution in [3.63, 3.8) is 0 Å². The van der Waals surface area contributed by atoms with Crippen molar-refractivity contribution in [2.45, 2.75) is 51.2 Å². The number of rotatable bonds is 8. The van der Waals surface area contributed by atoms with Crippen molar-refractivity contribution in [1.29, 1.82) is 0 Å². The van der Waals surface area contributed by atoms with Gasteiger partial charge in [-0.1, -0.05) is 60.2 Å². The zero-order valence-electron chi connectivity index (χ0n) is 16.5. The molecule has 6 heteroatoms. The highest BCUT2D eigenvalue weighted by molar-refractivity contribution is 5.85. The summed E-state index contributed by atoms with van der Waals surface area (Å²) in [6, 6.07) is 16.0. The van der Waals surface area contributed by atoms with E-state index in [0.29, 0.717) is 19.4 Å². The second kappa shape index (κ2) is 9.37. The molecule has 1 unspecified atom stereocenters. The molecule has 6 nitrogen and oxygen atoms in total. The molecule has 2 atom stereocenters. The average Bonchev–Trinajstić information content (AvgIpc) is 3.03. The summed E-state index contributed by atoms with van der Waals surface area (Å²) in [6.45, 7) is 2.47. The lowest BCUT2D eigenvalue weighted by molar-refractivity contribution is -0.142. The SMILES string of the molecule is Cc1ccc(CN2C(=O)CCC2CC(=O)N[C@@H](Cc2ccccc2)C(=O)O)cc1. The molecule has 2 amide bonds. The van der Waals surface area contributed by atoms with Crippen LogP contribution in [-0.4, -0.2) is 39.9 Å². The van der Waals surface area contributed by atoms with Crippen LogP contribution >= 0.6 is 0 Å². The van der Waals surface area contributed by atoms with Crippen molar-refractivity contribution < 1.29 is 19.5 Å². The van der Waals surface area contributed by atoms with Crippen molar-refractivity contribution >= 4 is 17.8 Å². The van der Waals surface area contributed by atoms with Gasteiger partial charge in [0.2, 0.25) is 11.8 Å². The maximum atomic E-state index is 12.5. The number of aliphatic carboxylic acids is 1. The van der Waals surface area contributed by atoms with Gasteiger partial charge in [-0.15, -0.1) is 0 Å². The average molecular weight is 394 g/mol. The fourth-order valence-corrected chi connectivity index (χ4v) is 3.63. The smallest absolute Gasteiger partial charge is 0.326 e. The fourth-order valence-electron chi connectivity index (χ4n) is 3.63. The molecule has 0 aliphatic carbocycles. The number of nitrogens with zero attached hydrogens (tertiary/aromatic N) is 1. The summed E-state index contributed by atoms with van der Waals surface area (Å²) < 4.78 is 0. The Labute approximate surface area is 170 Å². The number of aryl methyl sites for hydroxylation is 1. The molecule has 2 aromatic carbocycles. The predicted octanol–water partition coefficient (Wildman–Crippen LogP) is 2.69. The number of nitrogens with one attached hydrogen (secondary N) is 1. The number of likely N-dealkylation sites (tertiary alicyclic amines) is 1. The van der Waals surface area contributed by atoms with Gasteiger partial charge in [0.25, 0.3) is 0 Å². The van der Waals surface area contributed by atoms with Crippen LogP contribution in [0, 0.1) is 6.92 Å². The van der Waals surface area contributed by atoms with E-state index in [-0.39, 0.29) is 30.7 Å². The molecular weight excluding hydrogens is 368 g/mol. The summed E-state index contributed by atoms with van der Waals surface area (Å²) in [7, 11) is 0. The van der Waals surface area contributed by atoms with Gasteiger partial charge in [-0.05, 0) is 24.5 Å². The van der Waals surface area contributed by atoms with Crippen LogP contribution in [0.25, 0.3) is 0 Å². The molecule has 152 valence electrons. The number of benzene rings is 2. The minimum absolute atomic E-state index is 0.0300. The van der Waals surface area contributed by atoms with E-state index < -0.39 is 12.0 Å². The fraction of sp³-hybridized carbons (Fsp3) is 0.348. The van der Waals surface area contributed by atoms with Gasteiger partial charge in [-0.25, -0.2) is 4.79 Å². The van der Waals surface area contributed by atoms with E-state index in [0.717, 1.165) is 16.7 Å². The Morgan fingerprint density at radius 3 is 2.45 bits per heavy atom. The summed E-state index contributed by atoms with van der Waals surface area (Å²) in [6.07, 6.45) is 1.35. The van der Waals surface area contributed by atoms with E-state index in [1.807, 2.05) is 61.5 Å². The van der Waals surface area contributed by atoms with Crippen LogP contribution in [0.2, 0.25) is 0 Å². The van der Waals surface area contributed by atoms with Crippen molar-refractivity contribution in [3.05, 3.63) is 71.3 Å². The van der Waals surface area contributed by atoms with Gasteiger partial charge in [-0.2, -0.15) is 0 Å². The quantitative estimate of drug-likeness (QED) is 0.721. The molecule has 1 saturated heterocycles. The van der Waals surface area contributed by atoms with Gasteiger partial charge in [0.05, 0.1) is 0 Å². The van der Waals surface area contributed by atoms with Crippen molar-refractivity contribution in [2.24, 2.45) is 0 Å². The van der Waals surface area contributed by atoms with E-state index in [9.17, 15) is 19.5 Å². The summed E-state index contributed by atoms with van der Waals surface area (Å²) in [4.78, 5) is 38.2. The third kappa shape index (κ3) is 5.67.